The first-order valence-electron chi connectivity index (χ1n) is 5.29. The Kier molecular flexibility index (Phi) is 1.79. The van der Waals surface area contributed by atoms with Crippen molar-refractivity contribution in [3.8, 4) is 0 Å². The van der Waals surface area contributed by atoms with Gasteiger partial charge >= 0.3 is 0 Å². The summed E-state index contributed by atoms with van der Waals surface area (Å²) in [5.41, 5.74) is 7.28. The van der Waals surface area contributed by atoms with Crippen molar-refractivity contribution in [2.45, 2.75) is 31.2 Å². The lowest BCUT2D eigenvalue weighted by molar-refractivity contribution is 0.344. The lowest BCUT2D eigenvalue weighted by Gasteiger charge is -2.17. The molecule has 0 radical (unpaired) electrons. The van der Waals surface area contributed by atoms with Crippen LogP contribution in [0, 0.1) is 0 Å². The molecule has 0 spiro atoms. The molecule has 78 valence electrons. The Hall–Kier alpha value is -1.42. The molecule has 1 saturated carbocycles. The zero-order valence-electron chi connectivity index (χ0n) is 8.44. The molecule has 0 bridgehead atoms. The molecular weight excluding hydrogens is 190 g/mol. The molecule has 0 aliphatic heterocycles. The molecule has 0 unspecified atom stereocenters. The first-order valence-corrected chi connectivity index (χ1v) is 5.29. The summed E-state index contributed by atoms with van der Waals surface area (Å²) in [5, 5.41) is 0. The second-order valence-electron chi connectivity index (χ2n) is 4.21. The van der Waals surface area contributed by atoms with Gasteiger partial charge in [0.2, 0.25) is 11.6 Å². The molecule has 2 heterocycles. The smallest absolute Gasteiger partial charge is 0.247 e. The maximum absolute atomic E-state index is 6.26. The molecule has 4 heteroatoms. The number of nitrogens with two attached hydrogens (primary N) is 1. The molecule has 15 heavy (non-hydrogen) atoms. The highest BCUT2D eigenvalue weighted by Crippen LogP contribution is 2.36. The maximum atomic E-state index is 6.26. The number of hydrogen-bond acceptors (Lipinski definition) is 4. The number of rotatable bonds is 1. The van der Waals surface area contributed by atoms with E-state index in [4.69, 9.17) is 10.2 Å². The average Bonchev–Trinajstić information content (AvgIpc) is 2.84. The standard InChI is InChI=1S/C11H13N3O/c12-11(5-1-2-6-11)10-14-8-4-3-7-13-9(8)15-10/h3-4,7H,1-2,5-6,12H2. The normalized spacial score (nSPS) is 19.8. The Morgan fingerprint density at radius 3 is 2.87 bits per heavy atom. The topological polar surface area (TPSA) is 64.9 Å². The Morgan fingerprint density at radius 1 is 1.33 bits per heavy atom. The summed E-state index contributed by atoms with van der Waals surface area (Å²) in [6.07, 6.45) is 5.93. The van der Waals surface area contributed by atoms with Crippen molar-refractivity contribution in [3.63, 3.8) is 0 Å². The van der Waals surface area contributed by atoms with Gasteiger partial charge in [-0.15, -0.1) is 0 Å². The second-order valence-corrected chi connectivity index (χ2v) is 4.21. The lowest BCUT2D eigenvalue weighted by atomic mass is 10.00. The number of aromatic nitrogens is 2. The molecule has 2 aromatic rings. The van der Waals surface area contributed by atoms with Crippen molar-refractivity contribution < 1.29 is 4.42 Å². The van der Waals surface area contributed by atoms with Gasteiger partial charge in [0, 0.05) is 6.20 Å². The van der Waals surface area contributed by atoms with Crippen LogP contribution in [0.15, 0.2) is 22.7 Å². The number of nitrogens with zero attached hydrogens (tertiary/aromatic N) is 2. The van der Waals surface area contributed by atoms with E-state index in [0.717, 1.165) is 31.2 Å². The van der Waals surface area contributed by atoms with E-state index in [0.29, 0.717) is 11.6 Å². The minimum absolute atomic E-state index is 0.360. The van der Waals surface area contributed by atoms with Gasteiger partial charge in [-0.3, -0.25) is 0 Å². The summed E-state index contributed by atoms with van der Waals surface area (Å²) in [5.74, 6) is 0.647. The number of pyridine rings is 1. The highest BCUT2D eigenvalue weighted by Gasteiger charge is 2.36. The zero-order chi connectivity index (χ0) is 10.3. The first kappa shape index (κ1) is 8.85. The fraction of sp³-hybridized carbons (Fsp3) is 0.455. The van der Waals surface area contributed by atoms with Crippen molar-refractivity contribution >= 4 is 11.2 Å². The Morgan fingerprint density at radius 2 is 2.13 bits per heavy atom. The zero-order valence-corrected chi connectivity index (χ0v) is 8.44. The van der Waals surface area contributed by atoms with Crippen LogP contribution in [0.1, 0.15) is 31.6 Å². The fourth-order valence-corrected chi connectivity index (χ4v) is 2.20. The van der Waals surface area contributed by atoms with E-state index in [-0.39, 0.29) is 5.54 Å². The number of fused-ring (bicyclic) bond motifs is 1. The Balaban J connectivity index is 2.11. The van der Waals surface area contributed by atoms with Gasteiger partial charge in [-0.25, -0.2) is 9.97 Å². The predicted octanol–water partition coefficient (Wildman–Crippen LogP) is 1.95. The van der Waals surface area contributed by atoms with Gasteiger partial charge in [-0.1, -0.05) is 12.8 Å². The number of oxazole rings is 1. The van der Waals surface area contributed by atoms with E-state index < -0.39 is 0 Å². The summed E-state index contributed by atoms with van der Waals surface area (Å²) in [4.78, 5) is 8.53. The average molecular weight is 203 g/mol. The summed E-state index contributed by atoms with van der Waals surface area (Å²) in [6.45, 7) is 0. The van der Waals surface area contributed by atoms with Crippen LogP contribution in [-0.2, 0) is 5.54 Å². The second kappa shape index (κ2) is 3.03. The number of hydrogen-bond donors (Lipinski definition) is 1. The predicted molar refractivity (Wildman–Crippen MR) is 56.1 cm³/mol. The van der Waals surface area contributed by atoms with Gasteiger partial charge in [-0.2, -0.15) is 0 Å². The SMILES string of the molecule is NC1(c2nc3cccnc3o2)CCCC1. The van der Waals surface area contributed by atoms with Crippen molar-refractivity contribution in [1.29, 1.82) is 0 Å². The molecule has 0 saturated heterocycles. The van der Waals surface area contributed by atoms with Crippen molar-refractivity contribution in [2.24, 2.45) is 5.73 Å². The molecule has 4 nitrogen and oxygen atoms in total. The van der Waals surface area contributed by atoms with Crippen LogP contribution in [0.25, 0.3) is 11.2 Å². The van der Waals surface area contributed by atoms with Crippen LogP contribution in [0.4, 0.5) is 0 Å². The highest BCUT2D eigenvalue weighted by molar-refractivity contribution is 5.67. The fourth-order valence-electron chi connectivity index (χ4n) is 2.20. The third-order valence-electron chi connectivity index (χ3n) is 3.09. The Bertz CT molecular complexity index is 452. The van der Waals surface area contributed by atoms with Crippen LogP contribution >= 0.6 is 0 Å². The van der Waals surface area contributed by atoms with E-state index in [1.54, 1.807) is 6.20 Å². The molecule has 0 atom stereocenters. The highest BCUT2D eigenvalue weighted by atomic mass is 16.4. The van der Waals surface area contributed by atoms with E-state index in [9.17, 15) is 0 Å². The summed E-state index contributed by atoms with van der Waals surface area (Å²) >= 11 is 0. The van der Waals surface area contributed by atoms with Crippen LogP contribution in [0.3, 0.4) is 0 Å². The quantitative estimate of drug-likeness (QED) is 0.769. The van der Waals surface area contributed by atoms with Gasteiger partial charge in [-0.05, 0) is 25.0 Å². The molecule has 3 rings (SSSR count). The maximum Gasteiger partial charge on any atom is 0.247 e. The van der Waals surface area contributed by atoms with Gasteiger partial charge < -0.3 is 10.2 Å². The van der Waals surface area contributed by atoms with Crippen LogP contribution in [0.2, 0.25) is 0 Å². The molecular formula is C11H13N3O. The van der Waals surface area contributed by atoms with E-state index >= 15 is 0 Å². The third kappa shape index (κ3) is 1.33. The summed E-state index contributed by atoms with van der Waals surface area (Å²) in [7, 11) is 0. The van der Waals surface area contributed by atoms with E-state index in [1.807, 2.05) is 12.1 Å². The Labute approximate surface area is 87.5 Å². The van der Waals surface area contributed by atoms with Crippen LogP contribution < -0.4 is 5.73 Å². The first-order chi connectivity index (χ1) is 7.28. The van der Waals surface area contributed by atoms with Gasteiger partial charge in [0.05, 0.1) is 5.54 Å². The van der Waals surface area contributed by atoms with Crippen molar-refractivity contribution in [1.82, 2.24) is 9.97 Å². The monoisotopic (exact) mass is 203 g/mol. The van der Waals surface area contributed by atoms with Gasteiger partial charge in [0.25, 0.3) is 0 Å². The molecule has 2 aromatic heterocycles. The molecule has 2 N–H and O–H groups in total. The summed E-state index contributed by atoms with van der Waals surface area (Å²) in [6, 6.07) is 3.75. The van der Waals surface area contributed by atoms with Crippen LogP contribution in [-0.4, -0.2) is 9.97 Å². The van der Waals surface area contributed by atoms with Crippen molar-refractivity contribution in [2.75, 3.05) is 0 Å². The molecule has 0 aromatic carbocycles. The van der Waals surface area contributed by atoms with Gasteiger partial charge in [0.15, 0.2) is 0 Å². The van der Waals surface area contributed by atoms with Crippen molar-refractivity contribution in [3.05, 3.63) is 24.2 Å². The summed E-state index contributed by atoms with van der Waals surface area (Å²) < 4.78 is 5.61. The van der Waals surface area contributed by atoms with Crippen LogP contribution in [0.5, 0.6) is 0 Å². The third-order valence-corrected chi connectivity index (χ3v) is 3.09. The van der Waals surface area contributed by atoms with E-state index in [1.165, 1.54) is 0 Å². The minimum Gasteiger partial charge on any atom is -0.420 e. The largest absolute Gasteiger partial charge is 0.420 e. The minimum atomic E-state index is -0.360. The van der Waals surface area contributed by atoms with E-state index in [2.05, 4.69) is 9.97 Å². The molecule has 1 aliphatic carbocycles. The van der Waals surface area contributed by atoms with Gasteiger partial charge in [0.1, 0.15) is 5.52 Å². The molecule has 0 amide bonds. The molecule has 1 aliphatic rings. The lowest BCUT2D eigenvalue weighted by Crippen LogP contribution is -2.33. The molecule has 1 fully saturated rings.